The van der Waals surface area contributed by atoms with Crippen LogP contribution in [0, 0.1) is 11.6 Å². The highest BCUT2D eigenvalue weighted by atomic mass is 19.1. The van der Waals surface area contributed by atoms with E-state index in [-0.39, 0.29) is 12.0 Å². The summed E-state index contributed by atoms with van der Waals surface area (Å²) in [6.45, 7) is 2.69. The largest absolute Gasteiger partial charge is 0.494 e. The third kappa shape index (κ3) is 4.02. The van der Waals surface area contributed by atoms with Crippen molar-refractivity contribution in [2.45, 2.75) is 25.8 Å². The zero-order valence-electron chi connectivity index (χ0n) is 12.0. The van der Waals surface area contributed by atoms with Gasteiger partial charge in [0, 0.05) is 11.6 Å². The lowest BCUT2D eigenvalue weighted by molar-refractivity contribution is 0.317. The molecule has 0 heterocycles. The van der Waals surface area contributed by atoms with Crippen molar-refractivity contribution in [1.29, 1.82) is 0 Å². The Hall–Kier alpha value is -1.94. The molecule has 0 fully saturated rings. The molecule has 0 aromatic heterocycles. The Balaban J connectivity index is 2.08. The summed E-state index contributed by atoms with van der Waals surface area (Å²) in [4.78, 5) is 0. The van der Waals surface area contributed by atoms with Crippen LogP contribution in [0.4, 0.5) is 8.78 Å². The highest BCUT2D eigenvalue weighted by molar-refractivity contribution is 5.31. The van der Waals surface area contributed by atoms with Gasteiger partial charge in [-0.05, 0) is 42.7 Å². The van der Waals surface area contributed by atoms with Gasteiger partial charge in [-0.1, -0.05) is 25.1 Å². The first-order valence-corrected chi connectivity index (χ1v) is 7.03. The van der Waals surface area contributed by atoms with E-state index in [1.54, 1.807) is 0 Å². The standard InChI is InChI=1S/C17H19F2NO/c1-2-10-21-13-8-6-12(7-9-13)17(20)11-14-15(18)4-3-5-16(14)19/h3-9,17H,2,10-11,20H2,1H3. The summed E-state index contributed by atoms with van der Waals surface area (Å²) in [5.41, 5.74) is 6.89. The Bertz CT molecular complexity index is 564. The summed E-state index contributed by atoms with van der Waals surface area (Å²) >= 11 is 0. The van der Waals surface area contributed by atoms with Gasteiger partial charge in [0.2, 0.25) is 0 Å². The third-order valence-corrected chi connectivity index (χ3v) is 3.27. The minimum Gasteiger partial charge on any atom is -0.494 e. The van der Waals surface area contributed by atoms with Crippen LogP contribution in [0.25, 0.3) is 0 Å². The van der Waals surface area contributed by atoms with Crippen LogP contribution in [0.5, 0.6) is 5.75 Å². The van der Waals surface area contributed by atoms with Crippen molar-refractivity contribution in [2.24, 2.45) is 5.73 Å². The molecule has 0 aliphatic carbocycles. The lowest BCUT2D eigenvalue weighted by atomic mass is 9.99. The first kappa shape index (κ1) is 15.4. The van der Waals surface area contributed by atoms with Gasteiger partial charge in [0.25, 0.3) is 0 Å². The van der Waals surface area contributed by atoms with Crippen LogP contribution in [0.15, 0.2) is 42.5 Å². The molecule has 2 aromatic carbocycles. The monoisotopic (exact) mass is 291 g/mol. The van der Waals surface area contributed by atoms with E-state index in [4.69, 9.17) is 10.5 Å². The van der Waals surface area contributed by atoms with Crippen molar-refractivity contribution in [3.05, 3.63) is 65.2 Å². The number of rotatable bonds is 6. The molecule has 21 heavy (non-hydrogen) atoms. The Morgan fingerprint density at radius 2 is 1.67 bits per heavy atom. The van der Waals surface area contributed by atoms with Crippen LogP contribution in [-0.4, -0.2) is 6.61 Å². The highest BCUT2D eigenvalue weighted by Crippen LogP contribution is 2.22. The molecule has 0 radical (unpaired) electrons. The van der Waals surface area contributed by atoms with E-state index in [0.717, 1.165) is 17.7 Å². The molecule has 2 N–H and O–H groups in total. The van der Waals surface area contributed by atoms with E-state index in [9.17, 15) is 8.78 Å². The lowest BCUT2D eigenvalue weighted by Gasteiger charge is -2.14. The molecular formula is C17H19F2NO. The molecule has 2 aromatic rings. The first-order valence-electron chi connectivity index (χ1n) is 7.03. The predicted molar refractivity (Wildman–Crippen MR) is 79.2 cm³/mol. The molecule has 0 bridgehead atoms. The van der Waals surface area contributed by atoms with Crippen LogP contribution in [-0.2, 0) is 6.42 Å². The summed E-state index contributed by atoms with van der Waals surface area (Å²) in [5, 5.41) is 0. The number of hydrogen-bond acceptors (Lipinski definition) is 2. The van der Waals surface area contributed by atoms with Gasteiger partial charge in [-0.25, -0.2) is 8.78 Å². The van der Waals surface area contributed by atoms with Crippen molar-refractivity contribution in [3.63, 3.8) is 0 Å². The smallest absolute Gasteiger partial charge is 0.129 e. The van der Waals surface area contributed by atoms with E-state index in [2.05, 4.69) is 0 Å². The molecular weight excluding hydrogens is 272 g/mol. The number of halogens is 2. The molecule has 2 nitrogen and oxygen atoms in total. The van der Waals surface area contributed by atoms with Gasteiger partial charge >= 0.3 is 0 Å². The van der Waals surface area contributed by atoms with Crippen LogP contribution in [0.2, 0.25) is 0 Å². The summed E-state index contributed by atoms with van der Waals surface area (Å²) in [5.74, 6) is -0.355. The number of benzene rings is 2. The topological polar surface area (TPSA) is 35.2 Å². The maximum absolute atomic E-state index is 13.6. The summed E-state index contributed by atoms with van der Waals surface area (Å²) in [6.07, 6.45) is 1.06. The predicted octanol–water partition coefficient (Wildman–Crippen LogP) is 4.00. The maximum atomic E-state index is 13.6. The Labute approximate surface area is 123 Å². The maximum Gasteiger partial charge on any atom is 0.129 e. The van der Waals surface area contributed by atoms with E-state index in [0.29, 0.717) is 6.61 Å². The molecule has 4 heteroatoms. The third-order valence-electron chi connectivity index (χ3n) is 3.27. The summed E-state index contributed by atoms with van der Waals surface area (Å²) in [6, 6.07) is 10.7. The molecule has 2 rings (SSSR count). The van der Waals surface area contributed by atoms with E-state index in [1.165, 1.54) is 18.2 Å². The number of nitrogens with two attached hydrogens (primary N) is 1. The second kappa shape index (κ2) is 7.18. The fourth-order valence-corrected chi connectivity index (χ4v) is 2.10. The molecule has 1 atom stereocenters. The van der Waals surface area contributed by atoms with E-state index < -0.39 is 17.7 Å². The van der Waals surface area contributed by atoms with Crippen LogP contribution in [0.3, 0.4) is 0 Å². The lowest BCUT2D eigenvalue weighted by Crippen LogP contribution is -2.15. The van der Waals surface area contributed by atoms with E-state index >= 15 is 0 Å². The molecule has 0 aliphatic rings. The van der Waals surface area contributed by atoms with Crippen LogP contribution < -0.4 is 10.5 Å². The fraction of sp³-hybridized carbons (Fsp3) is 0.294. The van der Waals surface area contributed by atoms with Crippen molar-refractivity contribution in [3.8, 4) is 5.75 Å². The highest BCUT2D eigenvalue weighted by Gasteiger charge is 2.14. The quantitative estimate of drug-likeness (QED) is 0.873. The second-order valence-electron chi connectivity index (χ2n) is 4.93. The van der Waals surface area contributed by atoms with Crippen LogP contribution >= 0.6 is 0 Å². The van der Waals surface area contributed by atoms with E-state index in [1.807, 2.05) is 31.2 Å². The van der Waals surface area contributed by atoms with Gasteiger partial charge in [-0.2, -0.15) is 0 Å². The zero-order valence-corrected chi connectivity index (χ0v) is 12.0. The van der Waals surface area contributed by atoms with Gasteiger partial charge in [-0.15, -0.1) is 0 Å². The minimum absolute atomic E-state index is 0.0244. The fourth-order valence-electron chi connectivity index (χ4n) is 2.10. The first-order chi connectivity index (χ1) is 10.1. The molecule has 1 unspecified atom stereocenters. The van der Waals surface area contributed by atoms with Gasteiger partial charge in [0.15, 0.2) is 0 Å². The second-order valence-corrected chi connectivity index (χ2v) is 4.93. The molecule has 0 saturated carbocycles. The van der Waals surface area contributed by atoms with Gasteiger partial charge in [0.1, 0.15) is 17.4 Å². The van der Waals surface area contributed by atoms with Crippen LogP contribution in [0.1, 0.15) is 30.5 Å². The molecule has 0 aliphatic heterocycles. The molecule has 0 spiro atoms. The number of hydrogen-bond donors (Lipinski definition) is 1. The normalized spacial score (nSPS) is 12.2. The van der Waals surface area contributed by atoms with Crippen molar-refractivity contribution >= 4 is 0 Å². The van der Waals surface area contributed by atoms with Crippen molar-refractivity contribution < 1.29 is 13.5 Å². The average Bonchev–Trinajstić information content (AvgIpc) is 2.49. The van der Waals surface area contributed by atoms with Gasteiger partial charge in [-0.3, -0.25) is 0 Å². The molecule has 0 saturated heterocycles. The Kier molecular flexibility index (Phi) is 5.28. The van der Waals surface area contributed by atoms with Gasteiger partial charge < -0.3 is 10.5 Å². The summed E-state index contributed by atoms with van der Waals surface area (Å²) < 4.78 is 32.7. The molecule has 112 valence electrons. The summed E-state index contributed by atoms with van der Waals surface area (Å²) in [7, 11) is 0. The minimum atomic E-state index is -0.562. The zero-order chi connectivity index (χ0) is 15.2. The average molecular weight is 291 g/mol. The number of ether oxygens (including phenoxy) is 1. The van der Waals surface area contributed by atoms with Crippen molar-refractivity contribution in [2.75, 3.05) is 6.61 Å². The van der Waals surface area contributed by atoms with Gasteiger partial charge in [0.05, 0.1) is 6.61 Å². The Morgan fingerprint density at radius 3 is 2.24 bits per heavy atom. The van der Waals surface area contributed by atoms with Crippen molar-refractivity contribution in [1.82, 2.24) is 0 Å². The SMILES string of the molecule is CCCOc1ccc(C(N)Cc2c(F)cccc2F)cc1. The Morgan fingerprint density at radius 1 is 1.05 bits per heavy atom. The molecule has 0 amide bonds.